The normalized spacial score (nSPS) is 19.8. The van der Waals surface area contributed by atoms with Crippen LogP contribution in [0.25, 0.3) is 0 Å². The molecule has 0 spiro atoms. The molecule has 0 unspecified atom stereocenters. The van der Waals surface area contributed by atoms with Gasteiger partial charge in [-0.25, -0.2) is 0 Å². The summed E-state index contributed by atoms with van der Waals surface area (Å²) < 4.78 is 0.836. The largest absolute Gasteiger partial charge is 0.310 e. The molecule has 0 N–H and O–H groups in total. The fraction of sp³-hybridized carbons (Fsp3) is 0.273. The molecule has 0 aromatic heterocycles. The van der Waals surface area contributed by atoms with Crippen LogP contribution in [-0.2, 0) is 9.59 Å². The number of hydrogen-bond donors (Lipinski definition) is 0. The van der Waals surface area contributed by atoms with Gasteiger partial charge in [-0.2, -0.15) is 0 Å². The molecule has 0 radical (unpaired) electrons. The first-order valence-corrected chi connectivity index (χ1v) is 6.48. The molecule has 6 heteroatoms. The first kappa shape index (κ1) is 12.9. The van der Waals surface area contributed by atoms with Crippen molar-refractivity contribution in [3.8, 4) is 0 Å². The summed E-state index contributed by atoms with van der Waals surface area (Å²) in [7, 11) is 0. The summed E-state index contributed by atoms with van der Waals surface area (Å²) in [5, 5.41) is -0.00974. The molecule has 0 aliphatic carbocycles. The highest BCUT2D eigenvalue weighted by atomic mass is 79.9. The number of nitrogens with zero attached hydrogens (tertiary/aromatic N) is 1. The number of amides is 1. The van der Waals surface area contributed by atoms with E-state index in [1.807, 2.05) is 0 Å². The Morgan fingerprint density at radius 3 is 2.71 bits per heavy atom. The van der Waals surface area contributed by atoms with Crippen molar-refractivity contribution in [2.75, 3.05) is 11.4 Å². The standard InChI is InChI=1S/C11H8BrCl2NO2/c12-7-1-2-9(8(13)4-7)15-5-6(11(14)17)3-10(15)16/h1-2,4,6H,3,5H2/t6-/m1/s1. The Morgan fingerprint density at radius 1 is 1.47 bits per heavy atom. The summed E-state index contributed by atoms with van der Waals surface area (Å²) in [4.78, 5) is 24.3. The lowest BCUT2D eigenvalue weighted by Gasteiger charge is -2.17. The lowest BCUT2D eigenvalue weighted by molar-refractivity contribution is -0.120. The molecule has 1 aliphatic rings. The molecular formula is C11H8BrCl2NO2. The van der Waals surface area contributed by atoms with Crippen molar-refractivity contribution in [2.24, 2.45) is 5.92 Å². The van der Waals surface area contributed by atoms with Crippen molar-refractivity contribution >= 4 is 56.0 Å². The minimum absolute atomic E-state index is 0.131. The molecule has 17 heavy (non-hydrogen) atoms. The van der Waals surface area contributed by atoms with E-state index in [0.717, 1.165) is 4.47 Å². The highest BCUT2D eigenvalue weighted by Crippen LogP contribution is 2.33. The second-order valence-electron chi connectivity index (χ2n) is 3.81. The van der Waals surface area contributed by atoms with Crippen molar-refractivity contribution in [2.45, 2.75) is 6.42 Å². The van der Waals surface area contributed by atoms with E-state index in [0.29, 0.717) is 17.3 Å². The molecule has 90 valence electrons. The van der Waals surface area contributed by atoms with E-state index < -0.39 is 11.2 Å². The smallest absolute Gasteiger partial charge is 0.227 e. The maximum absolute atomic E-state index is 11.8. The molecule has 1 fully saturated rings. The number of carbonyl (C=O) groups is 2. The van der Waals surface area contributed by atoms with E-state index in [-0.39, 0.29) is 12.3 Å². The fourth-order valence-corrected chi connectivity index (χ4v) is 2.71. The second-order valence-corrected chi connectivity index (χ2v) is 5.50. The Labute approximate surface area is 117 Å². The van der Waals surface area contributed by atoms with Crippen LogP contribution in [0.3, 0.4) is 0 Å². The van der Waals surface area contributed by atoms with Gasteiger partial charge in [-0.3, -0.25) is 9.59 Å². The van der Waals surface area contributed by atoms with Gasteiger partial charge >= 0.3 is 0 Å². The number of carbonyl (C=O) groups excluding carboxylic acids is 2. The number of halogens is 3. The third-order valence-electron chi connectivity index (χ3n) is 2.65. The molecule has 1 amide bonds. The van der Waals surface area contributed by atoms with Crippen molar-refractivity contribution < 1.29 is 9.59 Å². The van der Waals surface area contributed by atoms with E-state index in [4.69, 9.17) is 23.2 Å². The van der Waals surface area contributed by atoms with Gasteiger partial charge in [0.05, 0.1) is 16.6 Å². The average Bonchev–Trinajstić information content (AvgIpc) is 2.61. The van der Waals surface area contributed by atoms with Crippen LogP contribution in [0.1, 0.15) is 6.42 Å². The van der Waals surface area contributed by atoms with Crippen molar-refractivity contribution in [1.29, 1.82) is 0 Å². The van der Waals surface area contributed by atoms with Crippen LogP contribution in [0.5, 0.6) is 0 Å². The quantitative estimate of drug-likeness (QED) is 0.777. The SMILES string of the molecule is O=C(Cl)[C@@H]1CC(=O)N(c2ccc(Br)cc2Cl)C1. The number of anilines is 1. The zero-order valence-electron chi connectivity index (χ0n) is 8.62. The molecule has 1 aromatic carbocycles. The Hall–Kier alpha value is -0.580. The van der Waals surface area contributed by atoms with Crippen LogP contribution < -0.4 is 4.90 Å². The third-order valence-corrected chi connectivity index (χ3v) is 3.75. The van der Waals surface area contributed by atoms with Crippen LogP contribution in [0.15, 0.2) is 22.7 Å². The summed E-state index contributed by atoms with van der Waals surface area (Å²) in [6.07, 6.45) is 0.148. The molecule has 1 saturated heterocycles. The lowest BCUT2D eigenvalue weighted by Crippen LogP contribution is -2.25. The van der Waals surface area contributed by atoms with Gasteiger partial charge in [0.1, 0.15) is 0 Å². The van der Waals surface area contributed by atoms with Crippen LogP contribution in [0.4, 0.5) is 5.69 Å². The monoisotopic (exact) mass is 335 g/mol. The minimum Gasteiger partial charge on any atom is -0.310 e. The van der Waals surface area contributed by atoms with Crippen LogP contribution in [-0.4, -0.2) is 17.7 Å². The van der Waals surface area contributed by atoms with Gasteiger partial charge in [0, 0.05) is 17.4 Å². The summed E-state index contributed by atoms with van der Waals surface area (Å²) in [5.41, 5.74) is 0.611. The molecule has 1 heterocycles. The van der Waals surface area contributed by atoms with Gasteiger partial charge in [-0.15, -0.1) is 0 Å². The van der Waals surface area contributed by atoms with Crippen molar-refractivity contribution in [3.05, 3.63) is 27.7 Å². The fourth-order valence-electron chi connectivity index (χ4n) is 1.79. The summed E-state index contributed by atoms with van der Waals surface area (Å²) in [6, 6.07) is 5.25. The third kappa shape index (κ3) is 2.64. The van der Waals surface area contributed by atoms with E-state index in [9.17, 15) is 9.59 Å². The van der Waals surface area contributed by atoms with Gasteiger partial charge in [0.2, 0.25) is 11.1 Å². The Balaban J connectivity index is 2.29. The topological polar surface area (TPSA) is 37.4 Å². The summed E-state index contributed by atoms with van der Waals surface area (Å²) in [5.74, 6) is -0.572. The maximum Gasteiger partial charge on any atom is 0.227 e. The van der Waals surface area contributed by atoms with E-state index >= 15 is 0 Å². The molecule has 3 nitrogen and oxygen atoms in total. The molecule has 2 rings (SSSR count). The molecule has 0 saturated carbocycles. The van der Waals surface area contributed by atoms with Crippen molar-refractivity contribution in [3.63, 3.8) is 0 Å². The van der Waals surface area contributed by atoms with Gasteiger partial charge in [0.15, 0.2) is 0 Å². The molecular weight excluding hydrogens is 329 g/mol. The van der Waals surface area contributed by atoms with Crippen LogP contribution in [0, 0.1) is 5.92 Å². The van der Waals surface area contributed by atoms with Gasteiger partial charge in [-0.1, -0.05) is 27.5 Å². The van der Waals surface area contributed by atoms with Crippen LogP contribution >= 0.6 is 39.1 Å². The van der Waals surface area contributed by atoms with E-state index in [2.05, 4.69) is 15.9 Å². The van der Waals surface area contributed by atoms with Gasteiger partial charge in [-0.05, 0) is 29.8 Å². The molecule has 1 aromatic rings. The minimum atomic E-state index is -0.478. The van der Waals surface area contributed by atoms with Crippen molar-refractivity contribution in [1.82, 2.24) is 0 Å². The zero-order valence-corrected chi connectivity index (χ0v) is 11.7. The highest BCUT2D eigenvalue weighted by molar-refractivity contribution is 9.10. The Bertz CT molecular complexity index is 492. The molecule has 0 bridgehead atoms. The second kappa shape index (κ2) is 4.96. The van der Waals surface area contributed by atoms with Gasteiger partial charge in [0.25, 0.3) is 0 Å². The van der Waals surface area contributed by atoms with E-state index in [1.54, 1.807) is 18.2 Å². The average molecular weight is 337 g/mol. The first-order chi connectivity index (χ1) is 7.99. The van der Waals surface area contributed by atoms with Crippen LogP contribution in [0.2, 0.25) is 5.02 Å². The first-order valence-electron chi connectivity index (χ1n) is 4.94. The summed E-state index contributed by atoms with van der Waals surface area (Å²) >= 11 is 14.8. The highest BCUT2D eigenvalue weighted by Gasteiger charge is 2.35. The number of benzene rings is 1. The summed E-state index contributed by atoms with van der Waals surface area (Å²) in [6.45, 7) is 0.294. The molecule has 1 aliphatic heterocycles. The zero-order chi connectivity index (χ0) is 12.6. The maximum atomic E-state index is 11.8. The van der Waals surface area contributed by atoms with E-state index in [1.165, 1.54) is 4.90 Å². The van der Waals surface area contributed by atoms with Gasteiger partial charge < -0.3 is 4.90 Å². The Kier molecular flexibility index (Phi) is 3.76. The lowest BCUT2D eigenvalue weighted by atomic mass is 10.1. The number of rotatable bonds is 2. The Morgan fingerprint density at radius 2 is 2.18 bits per heavy atom. The predicted molar refractivity (Wildman–Crippen MR) is 70.5 cm³/mol. The predicted octanol–water partition coefficient (Wildman–Crippen LogP) is 3.22. The molecule has 1 atom stereocenters. The number of hydrogen-bond acceptors (Lipinski definition) is 2.